The van der Waals surface area contributed by atoms with Gasteiger partial charge in [-0.1, -0.05) is 26.0 Å². The summed E-state index contributed by atoms with van der Waals surface area (Å²) in [7, 11) is 0. The Bertz CT molecular complexity index is 515. The molecule has 1 aliphatic rings. The largest absolute Gasteiger partial charge is 0.348 e. The molecule has 0 saturated carbocycles. The lowest BCUT2D eigenvalue weighted by atomic mass is 9.80. The standard InChI is InChI=1S/C17H26FN3O/c1-12(13-4-6-14(18)7-5-13)20-16(22)10-21-9-8-15(19)17(2,3)11-21/h4-7,12,15H,8-11,19H2,1-3H3,(H,20,22). The fraction of sp³-hybridized carbons (Fsp3) is 0.588. The molecule has 1 fully saturated rings. The van der Waals surface area contributed by atoms with Crippen LogP contribution in [0.15, 0.2) is 24.3 Å². The summed E-state index contributed by atoms with van der Waals surface area (Å²) in [4.78, 5) is 14.3. The van der Waals surface area contributed by atoms with Crippen molar-refractivity contribution in [3.05, 3.63) is 35.6 Å². The highest BCUT2D eigenvalue weighted by Crippen LogP contribution is 2.27. The lowest BCUT2D eigenvalue weighted by Crippen LogP contribution is -2.54. The molecule has 0 radical (unpaired) electrons. The van der Waals surface area contributed by atoms with Crippen LogP contribution in [0.4, 0.5) is 4.39 Å². The van der Waals surface area contributed by atoms with E-state index in [9.17, 15) is 9.18 Å². The summed E-state index contributed by atoms with van der Waals surface area (Å²) in [6.07, 6.45) is 0.911. The van der Waals surface area contributed by atoms with Gasteiger partial charge in [0.05, 0.1) is 12.6 Å². The number of halogens is 1. The molecule has 1 heterocycles. The third kappa shape index (κ3) is 4.27. The maximum atomic E-state index is 12.9. The van der Waals surface area contributed by atoms with Crippen molar-refractivity contribution in [2.24, 2.45) is 11.1 Å². The lowest BCUT2D eigenvalue weighted by Gasteiger charge is -2.42. The first-order valence-corrected chi connectivity index (χ1v) is 7.81. The topological polar surface area (TPSA) is 58.4 Å². The molecule has 0 spiro atoms. The van der Waals surface area contributed by atoms with E-state index in [1.807, 2.05) is 6.92 Å². The minimum Gasteiger partial charge on any atom is -0.348 e. The maximum Gasteiger partial charge on any atom is 0.234 e. The van der Waals surface area contributed by atoms with Crippen molar-refractivity contribution >= 4 is 5.91 Å². The Labute approximate surface area is 131 Å². The summed E-state index contributed by atoms with van der Waals surface area (Å²) >= 11 is 0. The maximum absolute atomic E-state index is 12.9. The van der Waals surface area contributed by atoms with Gasteiger partial charge in [-0.05, 0) is 36.5 Å². The lowest BCUT2D eigenvalue weighted by molar-refractivity contribution is -0.123. The predicted molar refractivity (Wildman–Crippen MR) is 85.8 cm³/mol. The first kappa shape index (κ1) is 16.9. The van der Waals surface area contributed by atoms with E-state index >= 15 is 0 Å². The van der Waals surface area contributed by atoms with Crippen molar-refractivity contribution in [2.45, 2.75) is 39.3 Å². The van der Waals surface area contributed by atoms with Gasteiger partial charge in [0, 0.05) is 19.1 Å². The molecular weight excluding hydrogens is 281 g/mol. The highest BCUT2D eigenvalue weighted by molar-refractivity contribution is 5.78. The Morgan fingerprint density at radius 3 is 2.68 bits per heavy atom. The Morgan fingerprint density at radius 1 is 1.45 bits per heavy atom. The van der Waals surface area contributed by atoms with Gasteiger partial charge in [-0.3, -0.25) is 9.69 Å². The number of rotatable bonds is 4. The Hall–Kier alpha value is -1.46. The van der Waals surface area contributed by atoms with Crippen LogP contribution in [0, 0.1) is 11.2 Å². The Morgan fingerprint density at radius 2 is 2.09 bits per heavy atom. The average Bonchev–Trinajstić information content (AvgIpc) is 2.43. The number of amides is 1. The molecule has 5 heteroatoms. The number of nitrogens with zero attached hydrogens (tertiary/aromatic N) is 1. The number of carbonyl (C=O) groups is 1. The SMILES string of the molecule is CC(NC(=O)CN1CCC(N)C(C)(C)C1)c1ccc(F)cc1. The van der Waals surface area contributed by atoms with E-state index in [2.05, 4.69) is 24.1 Å². The molecule has 3 N–H and O–H groups in total. The molecule has 1 aromatic rings. The molecule has 1 saturated heterocycles. The third-order valence-electron chi connectivity index (χ3n) is 4.51. The molecule has 1 amide bonds. The van der Waals surface area contributed by atoms with Crippen molar-refractivity contribution < 1.29 is 9.18 Å². The quantitative estimate of drug-likeness (QED) is 0.895. The molecule has 0 aliphatic carbocycles. The molecule has 122 valence electrons. The van der Waals surface area contributed by atoms with Crippen LogP contribution in [0.1, 0.15) is 38.8 Å². The van der Waals surface area contributed by atoms with Gasteiger partial charge in [0.15, 0.2) is 0 Å². The van der Waals surface area contributed by atoms with Crippen LogP contribution < -0.4 is 11.1 Å². The molecule has 0 aromatic heterocycles. The van der Waals surface area contributed by atoms with Crippen LogP contribution in [-0.2, 0) is 4.79 Å². The van der Waals surface area contributed by atoms with Gasteiger partial charge in [-0.25, -0.2) is 4.39 Å². The van der Waals surface area contributed by atoms with Gasteiger partial charge in [-0.15, -0.1) is 0 Å². The van der Waals surface area contributed by atoms with Crippen LogP contribution in [0.5, 0.6) is 0 Å². The molecule has 2 atom stereocenters. The van der Waals surface area contributed by atoms with Gasteiger partial charge in [0.2, 0.25) is 5.91 Å². The zero-order valence-corrected chi connectivity index (χ0v) is 13.6. The highest BCUT2D eigenvalue weighted by Gasteiger charge is 2.33. The van der Waals surface area contributed by atoms with E-state index in [1.54, 1.807) is 12.1 Å². The van der Waals surface area contributed by atoms with Crippen LogP contribution >= 0.6 is 0 Å². The third-order valence-corrected chi connectivity index (χ3v) is 4.51. The van der Waals surface area contributed by atoms with Gasteiger partial charge in [0.1, 0.15) is 5.82 Å². The fourth-order valence-electron chi connectivity index (χ4n) is 2.94. The number of benzene rings is 1. The van der Waals surface area contributed by atoms with Crippen molar-refractivity contribution in [2.75, 3.05) is 19.6 Å². The number of carbonyl (C=O) groups excluding carboxylic acids is 1. The van der Waals surface area contributed by atoms with Crippen molar-refractivity contribution in [3.8, 4) is 0 Å². The summed E-state index contributed by atoms with van der Waals surface area (Å²) < 4.78 is 12.9. The zero-order valence-electron chi connectivity index (χ0n) is 13.6. The van der Waals surface area contributed by atoms with Gasteiger partial charge in [0.25, 0.3) is 0 Å². The number of piperidine rings is 1. The van der Waals surface area contributed by atoms with Gasteiger partial charge >= 0.3 is 0 Å². The highest BCUT2D eigenvalue weighted by atomic mass is 19.1. The number of hydrogen-bond donors (Lipinski definition) is 2. The predicted octanol–water partition coefficient (Wildman–Crippen LogP) is 2.06. The van der Waals surface area contributed by atoms with E-state index in [0.29, 0.717) is 6.54 Å². The molecule has 2 unspecified atom stereocenters. The monoisotopic (exact) mass is 307 g/mol. The zero-order chi connectivity index (χ0) is 16.3. The van der Waals surface area contributed by atoms with E-state index < -0.39 is 0 Å². The van der Waals surface area contributed by atoms with Gasteiger partial charge in [-0.2, -0.15) is 0 Å². The number of nitrogens with one attached hydrogen (secondary N) is 1. The summed E-state index contributed by atoms with van der Waals surface area (Å²) in [5, 5.41) is 2.97. The summed E-state index contributed by atoms with van der Waals surface area (Å²) in [5.41, 5.74) is 7.04. The molecule has 4 nitrogen and oxygen atoms in total. The normalized spacial score (nSPS) is 23.0. The second-order valence-electron chi connectivity index (χ2n) is 6.94. The van der Waals surface area contributed by atoms with Crippen molar-refractivity contribution in [1.82, 2.24) is 10.2 Å². The van der Waals surface area contributed by atoms with Crippen LogP contribution in [0.25, 0.3) is 0 Å². The van der Waals surface area contributed by atoms with Crippen LogP contribution in [0.2, 0.25) is 0 Å². The minimum absolute atomic E-state index is 0.0110. The minimum atomic E-state index is -0.269. The van der Waals surface area contributed by atoms with E-state index in [0.717, 1.165) is 25.1 Å². The fourth-order valence-corrected chi connectivity index (χ4v) is 2.94. The summed E-state index contributed by atoms with van der Waals surface area (Å²) in [6.45, 7) is 8.24. The second-order valence-corrected chi connectivity index (χ2v) is 6.94. The van der Waals surface area contributed by atoms with Crippen molar-refractivity contribution in [3.63, 3.8) is 0 Å². The first-order chi connectivity index (χ1) is 10.3. The average molecular weight is 307 g/mol. The van der Waals surface area contributed by atoms with Crippen LogP contribution in [-0.4, -0.2) is 36.5 Å². The molecule has 1 aromatic carbocycles. The van der Waals surface area contributed by atoms with E-state index in [-0.39, 0.29) is 29.2 Å². The van der Waals surface area contributed by atoms with Crippen molar-refractivity contribution in [1.29, 1.82) is 0 Å². The van der Waals surface area contributed by atoms with E-state index in [4.69, 9.17) is 5.73 Å². The second kappa shape index (κ2) is 6.75. The molecular formula is C17H26FN3O. The Balaban J connectivity index is 1.86. The first-order valence-electron chi connectivity index (χ1n) is 7.81. The molecule has 1 aliphatic heterocycles. The summed E-state index contributed by atoms with van der Waals surface area (Å²) in [5.74, 6) is -0.280. The van der Waals surface area contributed by atoms with Gasteiger partial charge < -0.3 is 11.1 Å². The van der Waals surface area contributed by atoms with E-state index in [1.165, 1.54) is 12.1 Å². The summed E-state index contributed by atoms with van der Waals surface area (Å²) in [6, 6.07) is 6.27. The smallest absolute Gasteiger partial charge is 0.234 e. The molecule has 2 rings (SSSR count). The number of likely N-dealkylation sites (tertiary alicyclic amines) is 1. The molecule has 0 bridgehead atoms. The Kier molecular flexibility index (Phi) is 5.19. The van der Waals surface area contributed by atoms with Crippen LogP contribution in [0.3, 0.4) is 0 Å². The number of hydrogen-bond acceptors (Lipinski definition) is 3. The number of nitrogens with two attached hydrogens (primary N) is 1. The molecule has 22 heavy (non-hydrogen) atoms.